The van der Waals surface area contributed by atoms with E-state index in [0.717, 1.165) is 11.6 Å². The molecule has 2 heterocycles. The predicted octanol–water partition coefficient (Wildman–Crippen LogP) is 2.04. The minimum Gasteiger partial charge on any atom is -0.478 e. The first kappa shape index (κ1) is 17.1. The van der Waals surface area contributed by atoms with Gasteiger partial charge >= 0.3 is 0 Å². The number of carbonyl (C=O) groups is 1. The molecular formula is C18H21FN4O2. The van der Waals surface area contributed by atoms with Crippen molar-refractivity contribution in [3.63, 3.8) is 0 Å². The summed E-state index contributed by atoms with van der Waals surface area (Å²) in [4.78, 5) is 24.9. The number of ether oxygens (including phenoxy) is 1. The molecule has 1 aliphatic rings. The van der Waals surface area contributed by atoms with Crippen LogP contribution in [-0.2, 0) is 4.79 Å². The van der Waals surface area contributed by atoms with E-state index in [-0.39, 0.29) is 11.7 Å². The smallest absolute Gasteiger partial charge is 0.263 e. The maximum Gasteiger partial charge on any atom is 0.263 e. The molecule has 0 bridgehead atoms. The molecular weight excluding hydrogens is 323 g/mol. The number of nitrogens with zero attached hydrogens (tertiary/aromatic N) is 4. The number of aromatic nitrogens is 2. The zero-order valence-electron chi connectivity index (χ0n) is 14.4. The van der Waals surface area contributed by atoms with Gasteiger partial charge in [0.05, 0.1) is 0 Å². The normalized spacial score (nSPS) is 15.8. The van der Waals surface area contributed by atoms with Gasteiger partial charge in [0, 0.05) is 32.4 Å². The number of hydrogen-bond acceptors (Lipinski definition) is 5. The second kappa shape index (κ2) is 7.46. The van der Waals surface area contributed by atoms with E-state index in [1.807, 2.05) is 13.0 Å². The van der Waals surface area contributed by atoms with Gasteiger partial charge < -0.3 is 14.5 Å². The van der Waals surface area contributed by atoms with E-state index >= 15 is 0 Å². The lowest BCUT2D eigenvalue weighted by molar-refractivity contribution is -0.138. The lowest BCUT2D eigenvalue weighted by atomic mass is 10.2. The monoisotopic (exact) mass is 344 g/mol. The van der Waals surface area contributed by atoms with Crippen molar-refractivity contribution in [1.29, 1.82) is 0 Å². The van der Waals surface area contributed by atoms with Crippen LogP contribution < -0.4 is 9.64 Å². The Morgan fingerprint density at radius 3 is 2.60 bits per heavy atom. The number of benzene rings is 1. The van der Waals surface area contributed by atoms with Gasteiger partial charge in [0.2, 0.25) is 0 Å². The number of amides is 1. The van der Waals surface area contributed by atoms with Crippen LogP contribution in [-0.4, -0.2) is 53.1 Å². The molecule has 0 N–H and O–H groups in total. The zero-order valence-corrected chi connectivity index (χ0v) is 14.4. The molecule has 25 heavy (non-hydrogen) atoms. The molecule has 0 radical (unpaired) electrons. The molecule has 1 aromatic heterocycles. The molecule has 2 aromatic rings. The van der Waals surface area contributed by atoms with E-state index in [1.165, 1.54) is 12.1 Å². The van der Waals surface area contributed by atoms with Gasteiger partial charge in [-0.25, -0.2) is 14.4 Å². The highest BCUT2D eigenvalue weighted by Gasteiger charge is 2.27. The highest BCUT2D eigenvalue weighted by Crippen LogP contribution is 2.19. The summed E-state index contributed by atoms with van der Waals surface area (Å²) >= 11 is 0. The quantitative estimate of drug-likeness (QED) is 0.849. The van der Waals surface area contributed by atoms with Crippen molar-refractivity contribution in [2.75, 3.05) is 31.1 Å². The molecule has 1 amide bonds. The number of para-hydroxylation sites is 1. The van der Waals surface area contributed by atoms with Crippen LogP contribution in [0.4, 0.5) is 10.2 Å². The Morgan fingerprint density at radius 2 is 1.92 bits per heavy atom. The van der Waals surface area contributed by atoms with Crippen LogP contribution in [0.15, 0.2) is 36.5 Å². The van der Waals surface area contributed by atoms with E-state index in [0.29, 0.717) is 26.2 Å². The molecule has 3 rings (SSSR count). The highest BCUT2D eigenvalue weighted by molar-refractivity contribution is 5.81. The minimum atomic E-state index is -0.732. The first-order chi connectivity index (χ1) is 12.0. The van der Waals surface area contributed by atoms with Crippen molar-refractivity contribution in [3.05, 3.63) is 48.2 Å². The molecule has 1 saturated heterocycles. The molecule has 1 aromatic carbocycles. The van der Waals surface area contributed by atoms with Gasteiger partial charge in [0.25, 0.3) is 5.91 Å². The fraction of sp³-hybridized carbons (Fsp3) is 0.389. The van der Waals surface area contributed by atoms with Crippen molar-refractivity contribution in [3.8, 4) is 5.75 Å². The summed E-state index contributed by atoms with van der Waals surface area (Å²) in [5.74, 6) is 1.09. The number of halogens is 1. The highest BCUT2D eigenvalue weighted by atomic mass is 19.1. The Balaban J connectivity index is 1.57. The Morgan fingerprint density at radius 1 is 1.20 bits per heavy atom. The third kappa shape index (κ3) is 4.04. The van der Waals surface area contributed by atoms with Crippen molar-refractivity contribution < 1.29 is 13.9 Å². The summed E-state index contributed by atoms with van der Waals surface area (Å²) in [6.45, 7) is 6.03. The van der Waals surface area contributed by atoms with E-state index in [1.54, 1.807) is 30.2 Å². The Labute approximate surface area is 146 Å². The third-order valence-corrected chi connectivity index (χ3v) is 4.16. The number of carbonyl (C=O) groups excluding carboxylic acids is 1. The number of rotatable bonds is 4. The molecule has 6 nitrogen and oxygen atoms in total. The molecule has 0 spiro atoms. The van der Waals surface area contributed by atoms with Crippen LogP contribution in [0.2, 0.25) is 0 Å². The summed E-state index contributed by atoms with van der Waals surface area (Å²) in [5.41, 5.74) is 0. The lowest BCUT2D eigenvalue weighted by Crippen LogP contribution is -2.52. The zero-order chi connectivity index (χ0) is 17.8. The third-order valence-electron chi connectivity index (χ3n) is 4.16. The van der Waals surface area contributed by atoms with Crippen LogP contribution in [0.5, 0.6) is 5.75 Å². The van der Waals surface area contributed by atoms with E-state index in [9.17, 15) is 9.18 Å². The standard InChI is InChI=1S/C18H21FN4O2/c1-13(25-16-6-4-3-5-15(16)19)18(24)23-11-9-22(10-12-23)17-7-8-20-14(2)21-17/h3-8,13H,9-12H2,1-2H3. The molecule has 1 unspecified atom stereocenters. The SMILES string of the molecule is Cc1nccc(N2CCN(C(=O)C(C)Oc3ccccc3F)CC2)n1. The summed E-state index contributed by atoms with van der Waals surface area (Å²) < 4.78 is 19.1. The van der Waals surface area contributed by atoms with Gasteiger partial charge in [-0.05, 0) is 32.0 Å². The maximum atomic E-state index is 13.7. The average Bonchev–Trinajstić information content (AvgIpc) is 2.63. The largest absolute Gasteiger partial charge is 0.478 e. The minimum absolute atomic E-state index is 0.0958. The fourth-order valence-corrected chi connectivity index (χ4v) is 2.81. The number of piperazine rings is 1. The Bertz CT molecular complexity index is 747. The van der Waals surface area contributed by atoms with Gasteiger partial charge in [0.15, 0.2) is 17.7 Å². The van der Waals surface area contributed by atoms with Crippen molar-refractivity contribution in [1.82, 2.24) is 14.9 Å². The summed E-state index contributed by atoms with van der Waals surface area (Å²) in [5, 5.41) is 0. The predicted molar refractivity (Wildman–Crippen MR) is 92.1 cm³/mol. The molecule has 7 heteroatoms. The molecule has 0 saturated carbocycles. The summed E-state index contributed by atoms with van der Waals surface area (Å²) in [6.07, 6.45) is 1.00. The van der Waals surface area contributed by atoms with Crippen LogP contribution in [0.25, 0.3) is 0 Å². The summed E-state index contributed by atoms with van der Waals surface area (Å²) in [6, 6.07) is 7.97. The van der Waals surface area contributed by atoms with E-state index in [4.69, 9.17) is 4.74 Å². The molecule has 1 aliphatic heterocycles. The maximum absolute atomic E-state index is 13.7. The van der Waals surface area contributed by atoms with Gasteiger partial charge in [-0.15, -0.1) is 0 Å². The molecule has 132 valence electrons. The Kier molecular flexibility index (Phi) is 5.11. The van der Waals surface area contributed by atoms with Crippen molar-refractivity contribution >= 4 is 11.7 Å². The van der Waals surface area contributed by atoms with Gasteiger partial charge in [0.1, 0.15) is 11.6 Å². The van der Waals surface area contributed by atoms with Crippen LogP contribution in [0.1, 0.15) is 12.7 Å². The first-order valence-corrected chi connectivity index (χ1v) is 8.29. The van der Waals surface area contributed by atoms with Crippen LogP contribution in [0.3, 0.4) is 0 Å². The van der Waals surface area contributed by atoms with Gasteiger partial charge in [-0.1, -0.05) is 12.1 Å². The molecule has 0 aliphatic carbocycles. The van der Waals surface area contributed by atoms with E-state index in [2.05, 4.69) is 14.9 Å². The Hall–Kier alpha value is -2.70. The topological polar surface area (TPSA) is 58.6 Å². The first-order valence-electron chi connectivity index (χ1n) is 8.29. The van der Waals surface area contributed by atoms with Gasteiger partial charge in [-0.2, -0.15) is 0 Å². The number of hydrogen-bond donors (Lipinski definition) is 0. The lowest BCUT2D eigenvalue weighted by Gasteiger charge is -2.36. The fourth-order valence-electron chi connectivity index (χ4n) is 2.81. The van der Waals surface area contributed by atoms with Crippen molar-refractivity contribution in [2.24, 2.45) is 0 Å². The summed E-state index contributed by atoms with van der Waals surface area (Å²) in [7, 11) is 0. The second-order valence-electron chi connectivity index (χ2n) is 5.96. The molecule has 1 fully saturated rings. The van der Waals surface area contributed by atoms with Crippen LogP contribution in [0, 0.1) is 12.7 Å². The number of aryl methyl sites for hydroxylation is 1. The van der Waals surface area contributed by atoms with E-state index < -0.39 is 11.9 Å². The van der Waals surface area contributed by atoms with Gasteiger partial charge in [-0.3, -0.25) is 4.79 Å². The van der Waals surface area contributed by atoms with Crippen LogP contribution >= 0.6 is 0 Å². The number of anilines is 1. The van der Waals surface area contributed by atoms with Crippen molar-refractivity contribution in [2.45, 2.75) is 20.0 Å². The molecule has 1 atom stereocenters. The second-order valence-corrected chi connectivity index (χ2v) is 5.96. The average molecular weight is 344 g/mol.